The highest BCUT2D eigenvalue weighted by molar-refractivity contribution is 6.01. The molecule has 0 bridgehead atoms. The second-order valence-electron chi connectivity index (χ2n) is 6.17. The molecule has 0 unspecified atom stereocenters. The minimum absolute atomic E-state index is 0.0850. The van der Waals surface area contributed by atoms with Gasteiger partial charge in [-0.25, -0.2) is 4.98 Å². The third kappa shape index (κ3) is 3.59. The number of primary amides is 1. The first kappa shape index (κ1) is 18.4. The number of carbonyl (C=O) groups is 1. The molecule has 29 heavy (non-hydrogen) atoms. The van der Waals surface area contributed by atoms with E-state index in [-0.39, 0.29) is 22.5 Å². The zero-order chi connectivity index (χ0) is 20.6. The van der Waals surface area contributed by atoms with Crippen molar-refractivity contribution in [3.63, 3.8) is 0 Å². The number of nitrogens with two attached hydrogens (primary N) is 1. The van der Waals surface area contributed by atoms with Crippen LogP contribution in [0.1, 0.15) is 16.1 Å². The van der Waals surface area contributed by atoms with Gasteiger partial charge < -0.3 is 11.1 Å². The van der Waals surface area contributed by atoms with Gasteiger partial charge in [-0.05, 0) is 36.4 Å². The normalized spacial score (nSPS) is 11.6. The van der Waals surface area contributed by atoms with Crippen molar-refractivity contribution in [3.8, 4) is 11.1 Å². The zero-order valence-corrected chi connectivity index (χ0v) is 14.7. The van der Waals surface area contributed by atoms with Gasteiger partial charge in [0.25, 0.3) is 0 Å². The molecule has 0 aliphatic rings. The van der Waals surface area contributed by atoms with Crippen LogP contribution in [0.5, 0.6) is 0 Å². The molecule has 146 valence electrons. The van der Waals surface area contributed by atoms with Crippen molar-refractivity contribution in [1.29, 1.82) is 0 Å². The Balaban J connectivity index is 1.86. The number of anilines is 2. The smallest absolute Gasteiger partial charge is 0.366 e. The Labute approximate surface area is 161 Å². The number of aromatic amines is 1. The molecule has 1 amide bonds. The summed E-state index contributed by atoms with van der Waals surface area (Å²) in [5, 5.41) is 10.4. The Morgan fingerprint density at radius 3 is 2.66 bits per heavy atom. The van der Waals surface area contributed by atoms with E-state index in [2.05, 4.69) is 25.5 Å². The molecule has 3 heterocycles. The van der Waals surface area contributed by atoms with E-state index in [0.29, 0.717) is 5.69 Å². The van der Waals surface area contributed by atoms with Crippen LogP contribution in [0.4, 0.5) is 24.7 Å². The Hall–Kier alpha value is -3.95. The van der Waals surface area contributed by atoms with Gasteiger partial charge >= 0.3 is 6.18 Å². The molecule has 0 saturated carbocycles. The van der Waals surface area contributed by atoms with Crippen LogP contribution in [0.25, 0.3) is 22.0 Å². The van der Waals surface area contributed by atoms with Gasteiger partial charge in [-0.1, -0.05) is 0 Å². The maximum Gasteiger partial charge on any atom is 0.433 e. The van der Waals surface area contributed by atoms with Gasteiger partial charge in [0, 0.05) is 34.6 Å². The number of carbonyl (C=O) groups excluding carboxylic acids is 1. The van der Waals surface area contributed by atoms with Crippen LogP contribution in [0.2, 0.25) is 0 Å². The van der Waals surface area contributed by atoms with Crippen molar-refractivity contribution in [1.82, 2.24) is 20.2 Å². The molecule has 0 saturated heterocycles. The molecule has 7 nitrogen and oxygen atoms in total. The number of nitrogens with zero attached hydrogens (tertiary/aromatic N) is 3. The Morgan fingerprint density at radius 1 is 1.07 bits per heavy atom. The topological polar surface area (TPSA) is 110 Å². The molecule has 1 aromatic carbocycles. The van der Waals surface area contributed by atoms with Crippen molar-refractivity contribution < 1.29 is 18.0 Å². The third-order valence-electron chi connectivity index (χ3n) is 4.27. The highest BCUT2D eigenvalue weighted by Crippen LogP contribution is 2.35. The number of hydrogen-bond donors (Lipinski definition) is 3. The molecule has 0 atom stereocenters. The van der Waals surface area contributed by atoms with E-state index in [0.717, 1.165) is 17.0 Å². The van der Waals surface area contributed by atoms with Gasteiger partial charge in [-0.2, -0.15) is 18.3 Å². The second-order valence-corrected chi connectivity index (χ2v) is 6.17. The van der Waals surface area contributed by atoms with Crippen LogP contribution in [-0.4, -0.2) is 26.1 Å². The van der Waals surface area contributed by atoms with Crippen molar-refractivity contribution >= 4 is 28.3 Å². The fraction of sp³-hybridized carbons (Fsp3) is 0.0526. The van der Waals surface area contributed by atoms with Crippen LogP contribution in [0.3, 0.4) is 0 Å². The van der Waals surface area contributed by atoms with Gasteiger partial charge in [-0.3, -0.25) is 14.9 Å². The standard InChI is InChI=1S/C19H13F3N6O/c20-19(21,22)16-4-2-13(14-9-24-6-5-12(14)17(23)29)18(27-16)26-11-1-3-15-10(7-11)8-25-28-15/h1-9H,(H2,23,29)(H,25,28)(H,26,27). The zero-order valence-electron chi connectivity index (χ0n) is 14.7. The lowest BCUT2D eigenvalue weighted by Gasteiger charge is -2.15. The number of rotatable bonds is 4. The van der Waals surface area contributed by atoms with E-state index in [1.165, 1.54) is 24.5 Å². The number of halogens is 3. The largest absolute Gasteiger partial charge is 0.433 e. The number of H-pyrrole nitrogens is 1. The second kappa shape index (κ2) is 6.89. The summed E-state index contributed by atoms with van der Waals surface area (Å²) in [6.07, 6.45) is -0.311. The number of aromatic nitrogens is 4. The van der Waals surface area contributed by atoms with Gasteiger partial charge in [0.05, 0.1) is 17.3 Å². The maximum atomic E-state index is 13.2. The van der Waals surface area contributed by atoms with Crippen LogP contribution in [0.15, 0.2) is 55.0 Å². The highest BCUT2D eigenvalue weighted by atomic mass is 19.4. The molecule has 4 aromatic rings. The molecule has 3 aromatic heterocycles. The Morgan fingerprint density at radius 2 is 1.90 bits per heavy atom. The molecule has 4 N–H and O–H groups in total. The molecule has 4 rings (SSSR count). The van der Waals surface area contributed by atoms with E-state index >= 15 is 0 Å². The monoisotopic (exact) mass is 398 g/mol. The van der Waals surface area contributed by atoms with E-state index in [1.54, 1.807) is 24.4 Å². The molecule has 0 fully saturated rings. The first-order valence-electron chi connectivity index (χ1n) is 8.35. The number of pyridine rings is 2. The highest BCUT2D eigenvalue weighted by Gasteiger charge is 2.33. The predicted molar refractivity (Wildman–Crippen MR) is 100 cm³/mol. The molecule has 0 aliphatic carbocycles. The lowest BCUT2D eigenvalue weighted by molar-refractivity contribution is -0.141. The van der Waals surface area contributed by atoms with Crippen LogP contribution >= 0.6 is 0 Å². The fourth-order valence-corrected chi connectivity index (χ4v) is 2.91. The summed E-state index contributed by atoms with van der Waals surface area (Å²) < 4.78 is 39.7. The Bertz CT molecular complexity index is 1220. The van der Waals surface area contributed by atoms with E-state index in [4.69, 9.17) is 5.73 Å². The van der Waals surface area contributed by atoms with E-state index < -0.39 is 17.8 Å². The third-order valence-corrected chi connectivity index (χ3v) is 4.27. The molecular formula is C19H13F3N6O. The molecular weight excluding hydrogens is 385 g/mol. The fourth-order valence-electron chi connectivity index (χ4n) is 2.91. The van der Waals surface area contributed by atoms with E-state index in [9.17, 15) is 18.0 Å². The number of fused-ring (bicyclic) bond motifs is 1. The van der Waals surface area contributed by atoms with Crippen LogP contribution in [-0.2, 0) is 6.18 Å². The predicted octanol–water partition coefficient (Wildman–Crippen LogP) is 3.88. The summed E-state index contributed by atoms with van der Waals surface area (Å²) >= 11 is 0. The average molecular weight is 398 g/mol. The van der Waals surface area contributed by atoms with Crippen molar-refractivity contribution in [2.24, 2.45) is 5.73 Å². The summed E-state index contributed by atoms with van der Waals surface area (Å²) in [6, 6.07) is 8.59. The minimum Gasteiger partial charge on any atom is -0.366 e. The summed E-state index contributed by atoms with van der Waals surface area (Å²) in [5.74, 6) is -0.814. The maximum absolute atomic E-state index is 13.2. The SMILES string of the molecule is NC(=O)c1ccncc1-c1ccc(C(F)(F)F)nc1Nc1ccc2[nH]ncc2c1. The van der Waals surface area contributed by atoms with Gasteiger partial charge in [-0.15, -0.1) is 0 Å². The van der Waals surface area contributed by atoms with Gasteiger partial charge in [0.15, 0.2) is 0 Å². The number of benzene rings is 1. The van der Waals surface area contributed by atoms with Crippen molar-refractivity contribution in [3.05, 3.63) is 66.2 Å². The van der Waals surface area contributed by atoms with Crippen molar-refractivity contribution in [2.75, 3.05) is 5.32 Å². The van der Waals surface area contributed by atoms with Gasteiger partial charge in [0.2, 0.25) is 5.91 Å². The van der Waals surface area contributed by atoms with E-state index in [1.807, 2.05) is 0 Å². The van der Waals surface area contributed by atoms with Crippen LogP contribution < -0.4 is 11.1 Å². The first-order chi connectivity index (χ1) is 13.8. The molecule has 0 spiro atoms. The van der Waals surface area contributed by atoms with Crippen molar-refractivity contribution in [2.45, 2.75) is 6.18 Å². The summed E-state index contributed by atoms with van der Waals surface area (Å²) in [4.78, 5) is 19.5. The summed E-state index contributed by atoms with van der Waals surface area (Å²) in [7, 11) is 0. The molecule has 10 heteroatoms. The number of nitrogens with one attached hydrogen (secondary N) is 2. The lowest BCUT2D eigenvalue weighted by Crippen LogP contribution is -2.14. The van der Waals surface area contributed by atoms with Crippen LogP contribution in [0, 0.1) is 0 Å². The number of amides is 1. The number of hydrogen-bond acceptors (Lipinski definition) is 5. The Kier molecular flexibility index (Phi) is 4.38. The quantitative estimate of drug-likeness (QED) is 0.483. The number of alkyl halides is 3. The molecule has 0 aliphatic heterocycles. The van der Waals surface area contributed by atoms with Gasteiger partial charge in [0.1, 0.15) is 11.5 Å². The lowest BCUT2D eigenvalue weighted by atomic mass is 10.0. The molecule has 0 radical (unpaired) electrons. The summed E-state index contributed by atoms with van der Waals surface area (Å²) in [6.45, 7) is 0. The summed E-state index contributed by atoms with van der Waals surface area (Å²) in [5.41, 5.74) is 6.25. The minimum atomic E-state index is -4.63. The average Bonchev–Trinajstić information content (AvgIpc) is 3.15. The first-order valence-corrected chi connectivity index (χ1v) is 8.35.